The van der Waals surface area contributed by atoms with Crippen molar-refractivity contribution >= 4 is 22.8 Å². The van der Waals surface area contributed by atoms with E-state index in [0.29, 0.717) is 5.56 Å². The van der Waals surface area contributed by atoms with Gasteiger partial charge in [-0.1, -0.05) is 42.5 Å². The van der Waals surface area contributed by atoms with Crippen molar-refractivity contribution in [1.82, 2.24) is 4.57 Å². The Hall–Kier alpha value is -2.88. The average molecular weight is 335 g/mol. The first kappa shape index (κ1) is 17.0. The first-order chi connectivity index (χ1) is 11.8. The van der Waals surface area contributed by atoms with Gasteiger partial charge >= 0.3 is 6.09 Å². The van der Waals surface area contributed by atoms with Crippen molar-refractivity contribution in [3.05, 3.63) is 60.2 Å². The van der Waals surface area contributed by atoms with Crippen LogP contribution in [0.2, 0.25) is 0 Å². The van der Waals surface area contributed by atoms with Crippen LogP contribution in [-0.2, 0) is 4.74 Å². The Morgan fingerprint density at radius 1 is 0.960 bits per heavy atom. The Labute approximate surface area is 147 Å². The maximum atomic E-state index is 12.8. The number of hydrogen-bond donors (Lipinski definition) is 0. The summed E-state index contributed by atoms with van der Waals surface area (Å²) < 4.78 is 7.17. The monoisotopic (exact) mass is 335 g/mol. The third kappa shape index (κ3) is 3.48. The second-order valence-electron chi connectivity index (χ2n) is 7.04. The lowest BCUT2D eigenvalue weighted by molar-refractivity contribution is 0.0547. The summed E-state index contributed by atoms with van der Waals surface area (Å²) in [5.41, 5.74) is 2.45. The predicted octanol–water partition coefficient (Wildman–Crippen LogP) is 5.29. The molecule has 0 saturated carbocycles. The first-order valence-electron chi connectivity index (χ1n) is 8.21. The number of hydrogen-bond acceptors (Lipinski definition) is 3. The Morgan fingerprint density at radius 2 is 1.60 bits per heavy atom. The van der Waals surface area contributed by atoms with Crippen LogP contribution in [0.15, 0.2) is 54.6 Å². The fraction of sp³-hybridized carbons (Fsp3) is 0.238. The lowest BCUT2D eigenvalue weighted by Crippen LogP contribution is -2.27. The third-order valence-electron chi connectivity index (χ3n) is 3.87. The molecule has 0 atom stereocenters. The number of ketones is 1. The minimum absolute atomic E-state index is 0.0132. The Balaban J connectivity index is 2.15. The van der Waals surface area contributed by atoms with E-state index in [4.69, 9.17) is 4.74 Å². The Kier molecular flexibility index (Phi) is 4.21. The van der Waals surface area contributed by atoms with Crippen molar-refractivity contribution in [3.8, 4) is 11.3 Å². The molecular weight excluding hydrogens is 314 g/mol. The second-order valence-corrected chi connectivity index (χ2v) is 7.04. The van der Waals surface area contributed by atoms with Gasteiger partial charge in [-0.05, 0) is 45.4 Å². The molecule has 0 bridgehead atoms. The van der Waals surface area contributed by atoms with E-state index in [1.807, 2.05) is 63.2 Å². The zero-order valence-electron chi connectivity index (χ0n) is 14.9. The fourth-order valence-corrected chi connectivity index (χ4v) is 2.75. The van der Waals surface area contributed by atoms with Gasteiger partial charge in [0, 0.05) is 10.9 Å². The summed E-state index contributed by atoms with van der Waals surface area (Å²) in [6.07, 6.45) is -0.417. The van der Waals surface area contributed by atoms with E-state index < -0.39 is 11.7 Å². The molecule has 0 aliphatic heterocycles. The molecule has 0 radical (unpaired) electrons. The largest absolute Gasteiger partial charge is 0.443 e. The lowest BCUT2D eigenvalue weighted by atomic mass is 10.1. The molecule has 128 valence electrons. The SMILES string of the molecule is CC(=O)c1ccc(-c2cc3ccccc3n2C(=O)OC(C)(C)C)cc1. The van der Waals surface area contributed by atoms with E-state index in [1.54, 1.807) is 16.7 Å². The van der Waals surface area contributed by atoms with Gasteiger partial charge in [0.2, 0.25) is 0 Å². The van der Waals surface area contributed by atoms with Crippen LogP contribution < -0.4 is 0 Å². The Bertz CT molecular complexity index is 943. The molecule has 2 aromatic carbocycles. The van der Waals surface area contributed by atoms with Crippen LogP contribution in [0.5, 0.6) is 0 Å². The van der Waals surface area contributed by atoms with E-state index in [0.717, 1.165) is 22.2 Å². The van der Waals surface area contributed by atoms with E-state index in [1.165, 1.54) is 6.92 Å². The number of ether oxygens (including phenoxy) is 1. The van der Waals surface area contributed by atoms with Gasteiger partial charge in [0.1, 0.15) is 5.60 Å². The van der Waals surface area contributed by atoms with Crippen molar-refractivity contribution in [1.29, 1.82) is 0 Å². The highest BCUT2D eigenvalue weighted by atomic mass is 16.6. The summed E-state index contributed by atoms with van der Waals surface area (Å²) in [5.74, 6) is 0.0132. The molecule has 0 spiro atoms. The maximum absolute atomic E-state index is 12.8. The number of Topliss-reactive ketones (excluding diaryl/α,β-unsaturated/α-hetero) is 1. The molecule has 3 aromatic rings. The van der Waals surface area contributed by atoms with Crippen molar-refractivity contribution in [2.75, 3.05) is 0 Å². The van der Waals surface area contributed by atoms with Gasteiger partial charge in [-0.2, -0.15) is 0 Å². The number of carbonyl (C=O) groups excluding carboxylic acids is 2. The summed E-state index contributed by atoms with van der Waals surface area (Å²) in [7, 11) is 0. The summed E-state index contributed by atoms with van der Waals surface area (Å²) in [6.45, 7) is 7.07. The van der Waals surface area contributed by atoms with Crippen LogP contribution in [-0.4, -0.2) is 22.0 Å². The van der Waals surface area contributed by atoms with Crippen LogP contribution in [0.4, 0.5) is 4.79 Å². The minimum Gasteiger partial charge on any atom is -0.443 e. The highest BCUT2D eigenvalue weighted by molar-refractivity contribution is 5.97. The van der Waals surface area contributed by atoms with Gasteiger partial charge in [0.25, 0.3) is 0 Å². The summed E-state index contributed by atoms with van der Waals surface area (Å²) >= 11 is 0. The predicted molar refractivity (Wildman–Crippen MR) is 99.0 cm³/mol. The molecule has 1 aromatic heterocycles. The van der Waals surface area contributed by atoms with E-state index >= 15 is 0 Å². The smallest absolute Gasteiger partial charge is 0.419 e. The molecule has 0 saturated heterocycles. The number of aromatic nitrogens is 1. The Morgan fingerprint density at radius 3 is 2.20 bits per heavy atom. The van der Waals surface area contributed by atoms with Gasteiger partial charge in [-0.15, -0.1) is 0 Å². The van der Waals surface area contributed by atoms with Gasteiger partial charge in [0.15, 0.2) is 5.78 Å². The minimum atomic E-state index is -0.585. The third-order valence-corrected chi connectivity index (χ3v) is 3.87. The maximum Gasteiger partial charge on any atom is 0.419 e. The van der Waals surface area contributed by atoms with Crippen molar-refractivity contribution < 1.29 is 14.3 Å². The van der Waals surface area contributed by atoms with Crippen molar-refractivity contribution in [3.63, 3.8) is 0 Å². The molecule has 0 unspecified atom stereocenters. The average Bonchev–Trinajstić information content (AvgIpc) is 2.93. The van der Waals surface area contributed by atoms with E-state index in [9.17, 15) is 9.59 Å². The van der Waals surface area contributed by atoms with Crippen molar-refractivity contribution in [2.45, 2.75) is 33.3 Å². The standard InChI is InChI=1S/C21H21NO3/c1-14(23)15-9-11-16(12-10-15)19-13-17-7-5-6-8-18(17)22(19)20(24)25-21(2,3)4/h5-13H,1-4H3. The molecule has 3 rings (SSSR count). The summed E-state index contributed by atoms with van der Waals surface area (Å²) in [4.78, 5) is 24.3. The fourth-order valence-electron chi connectivity index (χ4n) is 2.75. The number of carbonyl (C=O) groups is 2. The molecule has 0 N–H and O–H groups in total. The van der Waals surface area contributed by atoms with E-state index in [2.05, 4.69) is 0 Å². The number of fused-ring (bicyclic) bond motifs is 1. The highest BCUT2D eigenvalue weighted by Crippen LogP contribution is 2.29. The first-order valence-corrected chi connectivity index (χ1v) is 8.21. The van der Waals surface area contributed by atoms with E-state index in [-0.39, 0.29) is 5.78 Å². The molecule has 4 heteroatoms. The normalized spacial score (nSPS) is 11.5. The summed E-state index contributed by atoms with van der Waals surface area (Å²) in [5, 5.41) is 0.957. The zero-order chi connectivity index (χ0) is 18.2. The molecular formula is C21H21NO3. The molecule has 4 nitrogen and oxygen atoms in total. The number of benzene rings is 2. The van der Waals surface area contributed by atoms with Gasteiger partial charge in [0.05, 0.1) is 11.2 Å². The number of nitrogens with zero attached hydrogens (tertiary/aromatic N) is 1. The van der Waals surface area contributed by atoms with Crippen LogP contribution >= 0.6 is 0 Å². The molecule has 0 fully saturated rings. The van der Waals surface area contributed by atoms with Crippen LogP contribution in [0.25, 0.3) is 22.2 Å². The van der Waals surface area contributed by atoms with Crippen LogP contribution in [0.3, 0.4) is 0 Å². The second kappa shape index (κ2) is 6.20. The van der Waals surface area contributed by atoms with Crippen LogP contribution in [0, 0.1) is 0 Å². The molecule has 25 heavy (non-hydrogen) atoms. The molecule has 0 amide bonds. The van der Waals surface area contributed by atoms with Crippen molar-refractivity contribution in [2.24, 2.45) is 0 Å². The quantitative estimate of drug-likeness (QED) is 0.598. The molecule has 0 aliphatic rings. The molecule has 1 heterocycles. The lowest BCUT2D eigenvalue weighted by Gasteiger charge is -2.21. The number of para-hydroxylation sites is 1. The summed E-state index contributed by atoms with van der Waals surface area (Å²) in [6, 6.07) is 16.9. The van der Waals surface area contributed by atoms with Gasteiger partial charge < -0.3 is 4.74 Å². The van der Waals surface area contributed by atoms with Gasteiger partial charge in [-0.25, -0.2) is 9.36 Å². The zero-order valence-corrected chi connectivity index (χ0v) is 14.9. The van der Waals surface area contributed by atoms with Gasteiger partial charge in [-0.3, -0.25) is 4.79 Å². The topological polar surface area (TPSA) is 48.3 Å². The molecule has 0 aliphatic carbocycles. The van der Waals surface area contributed by atoms with Crippen LogP contribution in [0.1, 0.15) is 38.1 Å². The number of rotatable bonds is 2. The highest BCUT2D eigenvalue weighted by Gasteiger charge is 2.22.